The molecule has 0 bridgehead atoms. The van der Waals surface area contributed by atoms with Crippen LogP contribution in [0.3, 0.4) is 0 Å². The van der Waals surface area contributed by atoms with Crippen molar-refractivity contribution in [3.63, 3.8) is 0 Å². The van der Waals surface area contributed by atoms with E-state index in [1.54, 1.807) is 6.07 Å². The smallest absolute Gasteiger partial charge is 0.326 e. The minimum absolute atomic E-state index is 0.193. The summed E-state index contributed by atoms with van der Waals surface area (Å²) in [4.78, 5) is 25.0. The number of aliphatic carboxylic acids is 1. The molecule has 0 radical (unpaired) electrons. The van der Waals surface area contributed by atoms with Crippen LogP contribution in [0.1, 0.15) is 79.8 Å². The average molecular weight is 543 g/mol. The highest BCUT2D eigenvalue weighted by Crippen LogP contribution is 2.30. The van der Waals surface area contributed by atoms with Gasteiger partial charge in [-0.2, -0.15) is 0 Å². The van der Waals surface area contributed by atoms with Crippen LogP contribution < -0.4 is 10.6 Å². The predicted molar refractivity (Wildman–Crippen MR) is 152 cm³/mol. The van der Waals surface area contributed by atoms with Gasteiger partial charge in [-0.1, -0.05) is 69.4 Å². The Morgan fingerprint density at radius 1 is 1.05 bits per heavy atom. The zero-order chi connectivity index (χ0) is 27.7. The third kappa shape index (κ3) is 8.95. The molecule has 0 heterocycles. The molecular weight excluding hydrogens is 500 g/mol. The first-order chi connectivity index (χ1) is 18.1. The maximum atomic E-state index is 13.3. The minimum atomic E-state index is -3.36. The molecule has 8 heteroatoms. The third-order valence-corrected chi connectivity index (χ3v) is 8.55. The zero-order valence-corrected chi connectivity index (χ0v) is 23.6. The summed E-state index contributed by atoms with van der Waals surface area (Å²) in [5, 5.41) is 15.8. The number of benzene rings is 2. The fourth-order valence-corrected chi connectivity index (χ4v) is 5.97. The fourth-order valence-electron chi connectivity index (χ4n) is 5.30. The van der Waals surface area contributed by atoms with Crippen molar-refractivity contribution in [2.75, 3.05) is 12.0 Å². The lowest BCUT2D eigenvalue weighted by molar-refractivity contribution is -0.139. The molecule has 1 amide bonds. The van der Waals surface area contributed by atoms with E-state index < -0.39 is 27.8 Å². The largest absolute Gasteiger partial charge is 0.480 e. The first-order valence-electron chi connectivity index (χ1n) is 13.7. The zero-order valence-electron chi connectivity index (χ0n) is 22.8. The molecule has 208 valence electrons. The van der Waals surface area contributed by atoms with Crippen molar-refractivity contribution < 1.29 is 23.1 Å². The Hall–Kier alpha value is -2.71. The van der Waals surface area contributed by atoms with Gasteiger partial charge in [0.05, 0.1) is 5.75 Å². The highest BCUT2D eigenvalue weighted by molar-refractivity contribution is 7.90. The van der Waals surface area contributed by atoms with Crippen molar-refractivity contribution in [3.05, 3.63) is 59.2 Å². The van der Waals surface area contributed by atoms with E-state index in [0.29, 0.717) is 18.2 Å². The van der Waals surface area contributed by atoms with Crippen LogP contribution in [0.5, 0.6) is 0 Å². The van der Waals surface area contributed by atoms with Crippen molar-refractivity contribution in [2.24, 2.45) is 5.92 Å². The van der Waals surface area contributed by atoms with E-state index in [2.05, 4.69) is 17.6 Å². The number of hydrogen-bond donors (Lipinski definition) is 3. The Morgan fingerprint density at radius 2 is 1.76 bits per heavy atom. The van der Waals surface area contributed by atoms with E-state index in [9.17, 15) is 23.1 Å². The van der Waals surface area contributed by atoms with Gasteiger partial charge in [-0.25, -0.2) is 13.2 Å². The quantitative estimate of drug-likeness (QED) is 0.324. The summed E-state index contributed by atoms with van der Waals surface area (Å²) in [5.74, 6) is -1.32. The van der Waals surface area contributed by atoms with Crippen molar-refractivity contribution in [3.8, 4) is 11.1 Å². The number of carboxylic acids is 1. The van der Waals surface area contributed by atoms with E-state index >= 15 is 0 Å². The van der Waals surface area contributed by atoms with Gasteiger partial charge < -0.3 is 15.7 Å². The monoisotopic (exact) mass is 542 g/mol. The van der Waals surface area contributed by atoms with E-state index in [4.69, 9.17) is 0 Å². The highest BCUT2D eigenvalue weighted by Gasteiger charge is 2.24. The van der Waals surface area contributed by atoms with Gasteiger partial charge in [0, 0.05) is 24.4 Å². The lowest BCUT2D eigenvalue weighted by Crippen LogP contribution is -2.42. The molecule has 1 aliphatic rings. The van der Waals surface area contributed by atoms with Crippen LogP contribution in [0.25, 0.3) is 11.1 Å². The van der Waals surface area contributed by atoms with Gasteiger partial charge in [0.1, 0.15) is 15.9 Å². The van der Waals surface area contributed by atoms with E-state index in [1.807, 2.05) is 43.3 Å². The highest BCUT2D eigenvalue weighted by atomic mass is 32.2. The van der Waals surface area contributed by atoms with Crippen LogP contribution >= 0.6 is 0 Å². The molecule has 0 aliphatic heterocycles. The fraction of sp³-hybridized carbons (Fsp3) is 0.533. The molecule has 3 N–H and O–H groups in total. The van der Waals surface area contributed by atoms with Crippen LogP contribution in [0.4, 0.5) is 0 Å². The summed E-state index contributed by atoms with van der Waals surface area (Å²) < 4.78 is 23.1. The average Bonchev–Trinajstić information content (AvgIpc) is 2.88. The molecule has 38 heavy (non-hydrogen) atoms. The van der Waals surface area contributed by atoms with Crippen LogP contribution in [-0.4, -0.2) is 49.5 Å². The van der Waals surface area contributed by atoms with Crippen LogP contribution in [0.2, 0.25) is 0 Å². The molecule has 0 spiro atoms. The molecule has 2 aromatic carbocycles. The SMILES string of the molecule is CCC(CC1CCCCC1)NCc1ccc(C(=O)NC(CCS(C)(=O)=O)C(=O)O)c(-c2ccccc2C)c1. The van der Waals surface area contributed by atoms with Crippen LogP contribution in [0, 0.1) is 12.8 Å². The number of rotatable bonds is 13. The lowest BCUT2D eigenvalue weighted by atomic mass is 9.84. The molecule has 3 rings (SSSR count). The number of hydrogen-bond acceptors (Lipinski definition) is 5. The molecule has 0 saturated heterocycles. The number of nitrogens with one attached hydrogen (secondary N) is 2. The molecule has 2 unspecified atom stereocenters. The first-order valence-corrected chi connectivity index (χ1v) is 15.8. The van der Waals surface area contributed by atoms with E-state index in [1.165, 1.54) is 38.5 Å². The second-order valence-electron chi connectivity index (χ2n) is 10.7. The van der Waals surface area contributed by atoms with Gasteiger partial charge in [0.25, 0.3) is 5.91 Å². The number of aryl methyl sites for hydroxylation is 1. The van der Waals surface area contributed by atoms with Crippen molar-refractivity contribution >= 4 is 21.7 Å². The summed E-state index contributed by atoms with van der Waals surface area (Å²) in [6, 6.07) is 12.6. The van der Waals surface area contributed by atoms with Crippen molar-refractivity contribution in [1.82, 2.24) is 10.6 Å². The maximum absolute atomic E-state index is 13.3. The summed E-state index contributed by atoms with van der Waals surface area (Å²) in [5.41, 5.74) is 4.04. The Bertz CT molecular complexity index is 1200. The van der Waals surface area contributed by atoms with Crippen LogP contribution in [-0.2, 0) is 21.2 Å². The second-order valence-corrected chi connectivity index (χ2v) is 13.0. The number of sulfone groups is 1. The number of carbonyl (C=O) groups excluding carboxylic acids is 1. The third-order valence-electron chi connectivity index (χ3n) is 7.57. The van der Waals surface area contributed by atoms with E-state index in [0.717, 1.165) is 40.8 Å². The Morgan fingerprint density at radius 3 is 2.39 bits per heavy atom. The number of carbonyl (C=O) groups is 2. The van der Waals surface area contributed by atoms with E-state index in [-0.39, 0.29) is 12.2 Å². The maximum Gasteiger partial charge on any atom is 0.326 e. The van der Waals surface area contributed by atoms with Gasteiger partial charge in [-0.15, -0.1) is 0 Å². The normalized spacial score (nSPS) is 16.1. The summed E-state index contributed by atoms with van der Waals surface area (Å²) in [6.45, 7) is 4.87. The molecule has 1 saturated carbocycles. The van der Waals surface area contributed by atoms with Gasteiger partial charge in [-0.05, 0) is 66.5 Å². The van der Waals surface area contributed by atoms with Gasteiger partial charge >= 0.3 is 5.97 Å². The standard InChI is InChI=1S/C30H42N2O5S/c1-4-24(18-22-11-6-5-7-12-22)31-20-23-14-15-26(27(19-23)25-13-9-8-10-21(25)2)29(33)32-28(30(34)35)16-17-38(3,36)37/h8-10,13-15,19,22,24,28,31H,4-7,11-12,16-18,20H2,1-3H3,(H,32,33)(H,34,35). The first kappa shape index (κ1) is 29.8. The summed E-state index contributed by atoms with van der Waals surface area (Å²) in [6.07, 6.45) is 9.77. The Labute approximate surface area is 227 Å². The van der Waals surface area contributed by atoms with Gasteiger partial charge in [0.2, 0.25) is 0 Å². The molecule has 1 fully saturated rings. The van der Waals surface area contributed by atoms with Crippen molar-refractivity contribution in [2.45, 2.75) is 83.8 Å². The molecule has 1 aliphatic carbocycles. The minimum Gasteiger partial charge on any atom is -0.480 e. The number of amides is 1. The summed E-state index contributed by atoms with van der Waals surface area (Å²) >= 11 is 0. The molecule has 2 atom stereocenters. The predicted octanol–water partition coefficient (Wildman–Crippen LogP) is 5.12. The molecule has 7 nitrogen and oxygen atoms in total. The van der Waals surface area contributed by atoms with Gasteiger partial charge in [0.15, 0.2) is 0 Å². The van der Waals surface area contributed by atoms with Gasteiger partial charge in [-0.3, -0.25) is 4.79 Å². The Balaban J connectivity index is 1.82. The Kier molecular flexibility index (Phi) is 10.9. The molecule has 0 aromatic heterocycles. The second kappa shape index (κ2) is 13.9. The molecular formula is C30H42N2O5S. The lowest BCUT2D eigenvalue weighted by Gasteiger charge is -2.27. The summed E-state index contributed by atoms with van der Waals surface area (Å²) in [7, 11) is -3.36. The number of carboxylic acid groups (broad SMARTS) is 1. The topological polar surface area (TPSA) is 113 Å². The van der Waals surface area contributed by atoms with Crippen molar-refractivity contribution in [1.29, 1.82) is 0 Å². The van der Waals surface area contributed by atoms with Crippen LogP contribution in [0.15, 0.2) is 42.5 Å². The molecule has 2 aromatic rings.